The van der Waals surface area contributed by atoms with Crippen molar-refractivity contribution in [3.63, 3.8) is 0 Å². The molecule has 9 atom stereocenters. The Balaban J connectivity index is 2.38. The van der Waals surface area contributed by atoms with E-state index in [0.29, 0.717) is 19.3 Å². The van der Waals surface area contributed by atoms with Crippen molar-refractivity contribution in [2.45, 2.75) is 300 Å². The second kappa shape index (κ2) is 47.1. The standard InChI is InChI=1S/C58H107NO10/c1-3-5-7-9-11-13-15-17-19-21-23-25-26-28-30-32-34-36-38-40-42-44-46-51(62)57(67)59-49(48-68-58-56(66)55(65)54(64)52(47-60)69-58)53(63)50(61)45-43-41-39-37-35-33-31-29-27-24-22-20-18-16-14-12-10-8-6-4-2/h23,25,28-31,37,39,49-56,58,60-66H,3-22,24,26-27,32-36,38,40-48H2,1-2H3,(H,59,67)/b25-23-,30-28-,31-29+,39-37+. The predicted molar refractivity (Wildman–Crippen MR) is 284 cm³/mol. The molecule has 0 aromatic rings. The molecule has 404 valence electrons. The summed E-state index contributed by atoms with van der Waals surface area (Å²) >= 11 is 0. The summed E-state index contributed by atoms with van der Waals surface area (Å²) in [7, 11) is 0. The van der Waals surface area contributed by atoms with Crippen LogP contribution < -0.4 is 5.32 Å². The van der Waals surface area contributed by atoms with Crippen LogP contribution in [-0.4, -0.2) is 110 Å². The molecule has 1 fully saturated rings. The van der Waals surface area contributed by atoms with Crippen molar-refractivity contribution in [2.75, 3.05) is 13.2 Å². The van der Waals surface area contributed by atoms with Crippen LogP contribution in [0.2, 0.25) is 0 Å². The van der Waals surface area contributed by atoms with Crippen LogP contribution in [-0.2, 0) is 14.3 Å². The van der Waals surface area contributed by atoms with Gasteiger partial charge in [0, 0.05) is 0 Å². The van der Waals surface area contributed by atoms with E-state index in [0.717, 1.165) is 64.2 Å². The second-order valence-corrected chi connectivity index (χ2v) is 20.0. The molecule has 0 aromatic heterocycles. The molecule has 1 saturated heterocycles. The normalized spacial score (nSPS) is 20.7. The Labute approximate surface area is 421 Å². The van der Waals surface area contributed by atoms with E-state index in [1.165, 1.54) is 135 Å². The van der Waals surface area contributed by atoms with Gasteiger partial charge in [0.2, 0.25) is 5.91 Å². The van der Waals surface area contributed by atoms with Crippen LogP contribution in [0.1, 0.15) is 245 Å². The Morgan fingerprint density at radius 3 is 1.38 bits per heavy atom. The van der Waals surface area contributed by atoms with Crippen LogP contribution in [0, 0.1) is 0 Å². The Hall–Kier alpha value is -1.93. The van der Waals surface area contributed by atoms with Crippen molar-refractivity contribution in [3.8, 4) is 0 Å². The molecule has 0 bridgehead atoms. The van der Waals surface area contributed by atoms with E-state index in [9.17, 15) is 40.5 Å². The molecule has 11 nitrogen and oxygen atoms in total. The highest BCUT2D eigenvalue weighted by Crippen LogP contribution is 2.23. The van der Waals surface area contributed by atoms with Crippen molar-refractivity contribution < 1.29 is 50.0 Å². The van der Waals surface area contributed by atoms with Crippen molar-refractivity contribution in [2.24, 2.45) is 0 Å². The van der Waals surface area contributed by atoms with Gasteiger partial charge >= 0.3 is 0 Å². The van der Waals surface area contributed by atoms with E-state index >= 15 is 0 Å². The monoisotopic (exact) mass is 978 g/mol. The predicted octanol–water partition coefficient (Wildman–Crippen LogP) is 11.7. The zero-order valence-electron chi connectivity index (χ0n) is 44.0. The third-order valence-corrected chi connectivity index (χ3v) is 13.6. The van der Waals surface area contributed by atoms with Gasteiger partial charge < -0.3 is 50.5 Å². The summed E-state index contributed by atoms with van der Waals surface area (Å²) in [4.78, 5) is 13.2. The first-order valence-corrected chi connectivity index (χ1v) is 28.5. The zero-order valence-corrected chi connectivity index (χ0v) is 44.0. The number of aliphatic hydroxyl groups excluding tert-OH is 7. The number of amides is 1. The highest BCUT2D eigenvalue weighted by Gasteiger charge is 2.44. The largest absolute Gasteiger partial charge is 0.394 e. The minimum Gasteiger partial charge on any atom is -0.394 e. The number of hydrogen-bond acceptors (Lipinski definition) is 10. The number of hydrogen-bond donors (Lipinski definition) is 8. The molecule has 0 spiro atoms. The van der Waals surface area contributed by atoms with Crippen LogP contribution in [0.4, 0.5) is 0 Å². The summed E-state index contributed by atoms with van der Waals surface area (Å²) in [5, 5.41) is 76.1. The van der Waals surface area contributed by atoms with Crippen molar-refractivity contribution in [3.05, 3.63) is 48.6 Å². The number of carbonyl (C=O) groups is 1. The summed E-state index contributed by atoms with van der Waals surface area (Å²) in [6, 6.07) is -1.20. The van der Waals surface area contributed by atoms with Gasteiger partial charge in [0.15, 0.2) is 6.29 Å². The van der Waals surface area contributed by atoms with Crippen LogP contribution in [0.25, 0.3) is 0 Å². The van der Waals surface area contributed by atoms with Gasteiger partial charge in [-0.25, -0.2) is 0 Å². The summed E-state index contributed by atoms with van der Waals surface area (Å²) in [6.45, 7) is 3.44. The van der Waals surface area contributed by atoms with Crippen LogP contribution in [0.15, 0.2) is 48.6 Å². The van der Waals surface area contributed by atoms with Crippen molar-refractivity contribution in [1.29, 1.82) is 0 Å². The molecule has 1 aliphatic heterocycles. The lowest BCUT2D eigenvalue weighted by atomic mass is 9.98. The second-order valence-electron chi connectivity index (χ2n) is 20.0. The van der Waals surface area contributed by atoms with E-state index in [4.69, 9.17) is 9.47 Å². The number of rotatable bonds is 48. The van der Waals surface area contributed by atoms with Gasteiger partial charge in [0.25, 0.3) is 0 Å². The van der Waals surface area contributed by atoms with Gasteiger partial charge in [-0.2, -0.15) is 0 Å². The third kappa shape index (κ3) is 35.8. The maximum atomic E-state index is 13.2. The topological polar surface area (TPSA) is 189 Å². The maximum absolute atomic E-state index is 13.2. The Morgan fingerprint density at radius 1 is 0.507 bits per heavy atom. The molecular formula is C58H107NO10. The molecular weight excluding hydrogens is 871 g/mol. The van der Waals surface area contributed by atoms with Crippen LogP contribution >= 0.6 is 0 Å². The van der Waals surface area contributed by atoms with Gasteiger partial charge in [0.05, 0.1) is 25.4 Å². The molecule has 8 N–H and O–H groups in total. The quantitative estimate of drug-likeness (QED) is 0.0215. The Bertz CT molecular complexity index is 1260. The summed E-state index contributed by atoms with van der Waals surface area (Å²) in [5.41, 5.74) is 0. The summed E-state index contributed by atoms with van der Waals surface area (Å²) in [6.07, 6.45) is 47.3. The van der Waals surface area contributed by atoms with Crippen LogP contribution in [0.5, 0.6) is 0 Å². The lowest BCUT2D eigenvalue weighted by molar-refractivity contribution is -0.303. The van der Waals surface area contributed by atoms with E-state index < -0.39 is 74.2 Å². The summed E-state index contributed by atoms with van der Waals surface area (Å²) < 4.78 is 11.1. The highest BCUT2D eigenvalue weighted by atomic mass is 16.7. The molecule has 0 radical (unpaired) electrons. The zero-order chi connectivity index (χ0) is 50.4. The number of allylic oxidation sites excluding steroid dienone is 8. The minimum absolute atomic E-state index is 0.238. The molecule has 0 aliphatic carbocycles. The van der Waals surface area contributed by atoms with Gasteiger partial charge in [-0.15, -0.1) is 0 Å². The van der Waals surface area contributed by atoms with E-state index in [1.54, 1.807) is 0 Å². The molecule has 11 heteroatoms. The lowest BCUT2D eigenvalue weighted by Crippen LogP contribution is -2.60. The number of unbranched alkanes of at least 4 members (excludes halogenated alkanes) is 28. The first-order valence-electron chi connectivity index (χ1n) is 28.5. The van der Waals surface area contributed by atoms with Gasteiger partial charge in [0.1, 0.15) is 36.6 Å². The Kier molecular flexibility index (Phi) is 44.4. The maximum Gasteiger partial charge on any atom is 0.249 e. The molecule has 9 unspecified atom stereocenters. The van der Waals surface area contributed by atoms with E-state index in [2.05, 4.69) is 67.8 Å². The molecule has 1 rings (SSSR count). The van der Waals surface area contributed by atoms with Gasteiger partial charge in [-0.3, -0.25) is 4.79 Å². The smallest absolute Gasteiger partial charge is 0.249 e. The van der Waals surface area contributed by atoms with Crippen molar-refractivity contribution in [1.82, 2.24) is 5.32 Å². The molecule has 1 aliphatic rings. The van der Waals surface area contributed by atoms with Crippen molar-refractivity contribution >= 4 is 5.91 Å². The highest BCUT2D eigenvalue weighted by molar-refractivity contribution is 5.80. The fourth-order valence-corrected chi connectivity index (χ4v) is 8.90. The molecule has 0 aromatic carbocycles. The molecule has 0 saturated carbocycles. The number of ether oxygens (including phenoxy) is 2. The molecule has 1 amide bonds. The SMILES string of the molecule is CCCCCCCCCCC/C=C\C/C=C\CCCCCCCCC(O)C(=O)NC(COC1OC(CO)C(O)C(O)C1O)C(O)C(O)CCC/C=C/CC/C=C/CCCCCCCCCCCCC. The number of carbonyl (C=O) groups excluding carboxylic acids is 1. The van der Waals surface area contributed by atoms with E-state index in [1.807, 2.05) is 0 Å². The summed E-state index contributed by atoms with van der Waals surface area (Å²) in [5.74, 6) is -0.718. The van der Waals surface area contributed by atoms with E-state index in [-0.39, 0.29) is 12.8 Å². The lowest BCUT2D eigenvalue weighted by Gasteiger charge is -2.40. The third-order valence-electron chi connectivity index (χ3n) is 13.6. The van der Waals surface area contributed by atoms with Crippen LogP contribution in [0.3, 0.4) is 0 Å². The Morgan fingerprint density at radius 2 is 0.913 bits per heavy atom. The fourth-order valence-electron chi connectivity index (χ4n) is 8.90. The molecule has 69 heavy (non-hydrogen) atoms. The fraction of sp³-hybridized carbons (Fsp3) is 0.845. The average molecular weight is 978 g/mol. The average Bonchev–Trinajstić information content (AvgIpc) is 3.35. The minimum atomic E-state index is -1.67. The number of nitrogens with one attached hydrogen (secondary N) is 1. The first kappa shape index (κ1) is 65.1. The first-order chi connectivity index (χ1) is 33.7. The molecule has 1 heterocycles. The number of aliphatic hydroxyl groups is 7. The van der Waals surface area contributed by atoms with Gasteiger partial charge in [-0.05, 0) is 83.5 Å². The van der Waals surface area contributed by atoms with Gasteiger partial charge in [-0.1, -0.05) is 210 Å².